The van der Waals surface area contributed by atoms with Crippen molar-refractivity contribution in [3.8, 4) is 0 Å². The van der Waals surface area contributed by atoms with Gasteiger partial charge in [0.1, 0.15) is 0 Å². The number of carbonyl (C=O) groups is 1. The van der Waals surface area contributed by atoms with Gasteiger partial charge in [-0.25, -0.2) is 0 Å². The second-order valence-electron chi connectivity index (χ2n) is 6.07. The molecule has 1 amide bonds. The molecule has 1 aliphatic rings. The van der Waals surface area contributed by atoms with Gasteiger partial charge >= 0.3 is 0 Å². The van der Waals surface area contributed by atoms with Crippen LogP contribution in [-0.4, -0.2) is 18.0 Å². The Morgan fingerprint density at radius 2 is 1.83 bits per heavy atom. The maximum absolute atomic E-state index is 12.2. The van der Waals surface area contributed by atoms with Gasteiger partial charge in [0.15, 0.2) is 0 Å². The molecule has 0 spiro atoms. The highest BCUT2D eigenvalue weighted by Gasteiger charge is 2.46. The average Bonchev–Trinajstić information content (AvgIpc) is 2.27. The number of hydrogen-bond donors (Lipinski definition) is 2. The standard InChI is InChI=1S/C15H22N2O/c1-9-5-10(2)7-11(6-9)14(18)17-13-8-12(16)15(13,3)4/h5-7,12-13H,8,16H2,1-4H3,(H,17,18). The third-order valence-corrected chi connectivity index (χ3v) is 4.13. The van der Waals surface area contributed by atoms with Gasteiger partial charge < -0.3 is 11.1 Å². The molecule has 18 heavy (non-hydrogen) atoms. The minimum atomic E-state index is -0.00543. The first-order chi connectivity index (χ1) is 8.30. The van der Waals surface area contributed by atoms with Crippen LogP contribution in [0.5, 0.6) is 0 Å². The quantitative estimate of drug-likeness (QED) is 0.840. The molecule has 3 nitrogen and oxygen atoms in total. The monoisotopic (exact) mass is 246 g/mol. The Balaban J connectivity index is 2.09. The summed E-state index contributed by atoms with van der Waals surface area (Å²) in [6.07, 6.45) is 0.865. The molecule has 0 saturated heterocycles. The van der Waals surface area contributed by atoms with Crippen molar-refractivity contribution in [3.05, 3.63) is 34.9 Å². The molecular formula is C15H22N2O. The second-order valence-corrected chi connectivity index (χ2v) is 6.07. The summed E-state index contributed by atoms with van der Waals surface area (Å²) in [6.45, 7) is 8.22. The topological polar surface area (TPSA) is 55.1 Å². The average molecular weight is 246 g/mol. The molecule has 0 aromatic heterocycles. The summed E-state index contributed by atoms with van der Waals surface area (Å²) >= 11 is 0. The molecule has 1 aromatic rings. The fraction of sp³-hybridized carbons (Fsp3) is 0.533. The number of amides is 1. The summed E-state index contributed by atoms with van der Waals surface area (Å²) in [4.78, 5) is 12.2. The Morgan fingerprint density at radius 3 is 2.28 bits per heavy atom. The Bertz CT molecular complexity index is 459. The van der Waals surface area contributed by atoms with Gasteiger partial charge in [-0.05, 0) is 32.4 Å². The van der Waals surface area contributed by atoms with E-state index in [1.54, 1.807) is 0 Å². The maximum atomic E-state index is 12.2. The molecule has 1 fully saturated rings. The van der Waals surface area contributed by atoms with Gasteiger partial charge in [0.2, 0.25) is 0 Å². The first-order valence-corrected chi connectivity index (χ1v) is 6.45. The van der Waals surface area contributed by atoms with Crippen molar-refractivity contribution < 1.29 is 4.79 Å². The molecule has 1 aromatic carbocycles. The van der Waals surface area contributed by atoms with Crippen LogP contribution in [0.1, 0.15) is 41.8 Å². The van der Waals surface area contributed by atoms with Gasteiger partial charge in [0.25, 0.3) is 5.91 Å². The third-order valence-electron chi connectivity index (χ3n) is 4.13. The molecule has 0 radical (unpaired) electrons. The molecule has 98 valence electrons. The van der Waals surface area contributed by atoms with E-state index in [9.17, 15) is 4.79 Å². The number of carbonyl (C=O) groups excluding carboxylic acids is 1. The first-order valence-electron chi connectivity index (χ1n) is 6.45. The Labute approximate surface area is 109 Å². The van der Waals surface area contributed by atoms with E-state index in [1.165, 1.54) is 0 Å². The zero-order valence-electron chi connectivity index (χ0n) is 11.6. The van der Waals surface area contributed by atoms with Crippen molar-refractivity contribution in [3.63, 3.8) is 0 Å². The first kappa shape index (κ1) is 13.1. The fourth-order valence-electron chi connectivity index (χ4n) is 2.55. The van der Waals surface area contributed by atoms with E-state index in [-0.39, 0.29) is 23.4 Å². The number of aryl methyl sites for hydroxylation is 2. The van der Waals surface area contributed by atoms with Gasteiger partial charge in [0.05, 0.1) is 0 Å². The van der Waals surface area contributed by atoms with Crippen molar-refractivity contribution in [1.82, 2.24) is 5.32 Å². The predicted molar refractivity (Wildman–Crippen MR) is 73.5 cm³/mol. The van der Waals surface area contributed by atoms with Gasteiger partial charge in [-0.1, -0.05) is 31.0 Å². The number of hydrogen-bond acceptors (Lipinski definition) is 2. The number of nitrogens with two attached hydrogens (primary N) is 1. The van der Waals surface area contributed by atoms with Crippen molar-refractivity contribution in [2.24, 2.45) is 11.1 Å². The van der Waals surface area contributed by atoms with Crippen LogP contribution < -0.4 is 11.1 Å². The lowest BCUT2D eigenvalue weighted by molar-refractivity contribution is 0.0586. The molecule has 2 rings (SSSR count). The molecule has 1 aliphatic carbocycles. The van der Waals surface area contributed by atoms with Crippen molar-refractivity contribution in [1.29, 1.82) is 0 Å². The number of nitrogens with one attached hydrogen (secondary N) is 1. The van der Waals surface area contributed by atoms with E-state index in [1.807, 2.05) is 26.0 Å². The summed E-state index contributed by atoms with van der Waals surface area (Å²) in [5.74, 6) is 0.00627. The van der Waals surface area contributed by atoms with Crippen LogP contribution in [-0.2, 0) is 0 Å². The minimum absolute atomic E-state index is 0.00543. The van der Waals surface area contributed by atoms with Crippen LogP contribution >= 0.6 is 0 Å². The molecule has 2 atom stereocenters. The van der Waals surface area contributed by atoms with Gasteiger partial charge in [-0.15, -0.1) is 0 Å². The predicted octanol–water partition coefficient (Wildman–Crippen LogP) is 2.16. The second kappa shape index (κ2) is 4.39. The minimum Gasteiger partial charge on any atom is -0.349 e. The van der Waals surface area contributed by atoms with Crippen LogP contribution in [0.25, 0.3) is 0 Å². The van der Waals surface area contributed by atoms with Crippen LogP contribution in [0.3, 0.4) is 0 Å². The molecule has 1 saturated carbocycles. The molecule has 2 unspecified atom stereocenters. The summed E-state index contributed by atoms with van der Waals surface area (Å²) in [6, 6.07) is 6.28. The lowest BCUT2D eigenvalue weighted by Gasteiger charge is -2.50. The molecule has 0 aliphatic heterocycles. The molecular weight excluding hydrogens is 224 g/mol. The molecule has 3 N–H and O–H groups in total. The highest BCUT2D eigenvalue weighted by atomic mass is 16.1. The largest absolute Gasteiger partial charge is 0.349 e. The number of rotatable bonds is 2. The smallest absolute Gasteiger partial charge is 0.251 e. The van der Waals surface area contributed by atoms with Crippen LogP contribution in [0.4, 0.5) is 0 Å². The van der Waals surface area contributed by atoms with Crippen molar-refractivity contribution >= 4 is 5.91 Å². The lowest BCUT2D eigenvalue weighted by Crippen LogP contribution is -2.64. The van der Waals surface area contributed by atoms with E-state index >= 15 is 0 Å². The SMILES string of the molecule is Cc1cc(C)cc(C(=O)NC2CC(N)C2(C)C)c1. The summed E-state index contributed by atoms with van der Waals surface area (Å²) in [7, 11) is 0. The zero-order valence-corrected chi connectivity index (χ0v) is 11.6. The Morgan fingerprint density at radius 1 is 1.28 bits per heavy atom. The normalized spacial score (nSPS) is 25.4. The van der Waals surface area contributed by atoms with Crippen molar-refractivity contribution in [2.75, 3.05) is 0 Å². The summed E-state index contributed by atoms with van der Waals surface area (Å²) in [5, 5.41) is 3.09. The van der Waals surface area contributed by atoms with E-state index in [4.69, 9.17) is 5.73 Å². The number of benzene rings is 1. The summed E-state index contributed by atoms with van der Waals surface area (Å²) in [5.41, 5.74) is 8.92. The maximum Gasteiger partial charge on any atom is 0.251 e. The van der Waals surface area contributed by atoms with E-state index in [0.717, 1.165) is 23.1 Å². The van der Waals surface area contributed by atoms with Gasteiger partial charge in [0, 0.05) is 23.1 Å². The highest BCUT2D eigenvalue weighted by Crippen LogP contribution is 2.39. The van der Waals surface area contributed by atoms with E-state index in [0.29, 0.717) is 0 Å². The molecule has 0 bridgehead atoms. The van der Waals surface area contributed by atoms with Crippen molar-refractivity contribution in [2.45, 2.75) is 46.2 Å². The lowest BCUT2D eigenvalue weighted by atomic mass is 9.63. The summed E-state index contributed by atoms with van der Waals surface area (Å²) < 4.78 is 0. The zero-order chi connectivity index (χ0) is 13.5. The fourth-order valence-corrected chi connectivity index (χ4v) is 2.55. The van der Waals surface area contributed by atoms with Crippen LogP contribution in [0.2, 0.25) is 0 Å². The van der Waals surface area contributed by atoms with Crippen LogP contribution in [0, 0.1) is 19.3 Å². The van der Waals surface area contributed by atoms with E-state index in [2.05, 4.69) is 25.2 Å². The molecule has 3 heteroatoms. The molecule has 0 heterocycles. The van der Waals surface area contributed by atoms with Crippen LogP contribution in [0.15, 0.2) is 18.2 Å². The van der Waals surface area contributed by atoms with Gasteiger partial charge in [-0.2, -0.15) is 0 Å². The Kier molecular flexibility index (Phi) is 3.20. The third kappa shape index (κ3) is 2.27. The van der Waals surface area contributed by atoms with E-state index < -0.39 is 0 Å². The Hall–Kier alpha value is -1.35. The highest BCUT2D eigenvalue weighted by molar-refractivity contribution is 5.94. The van der Waals surface area contributed by atoms with Gasteiger partial charge in [-0.3, -0.25) is 4.79 Å².